The molecule has 5 nitrogen and oxygen atoms in total. The molecule has 1 N–H and O–H groups in total. The average molecular weight is 512 g/mol. The Morgan fingerprint density at radius 1 is 0.784 bits per heavy atom. The first-order chi connectivity index (χ1) is 18.2. The van der Waals surface area contributed by atoms with Gasteiger partial charge in [0.25, 0.3) is 5.91 Å². The van der Waals surface area contributed by atoms with E-state index in [-0.39, 0.29) is 5.91 Å². The van der Waals surface area contributed by atoms with Gasteiger partial charge in [0.2, 0.25) is 5.69 Å². The second kappa shape index (κ2) is 19.5. The van der Waals surface area contributed by atoms with E-state index in [0.717, 1.165) is 18.7 Å². The predicted molar refractivity (Wildman–Crippen MR) is 152 cm³/mol. The van der Waals surface area contributed by atoms with E-state index >= 15 is 0 Å². The first-order valence-corrected chi connectivity index (χ1v) is 14.8. The number of aryl methyl sites for hydroxylation is 1. The standard InChI is InChI=1S/C32H50N2O3/c1-4-6-7-8-9-10-11-12-13-14-15-16-17-20-25-37-30-23-22-28(26-31(30)36-3)32(35)33-27-29-21-18-19-24-34(29)5-2/h18-19,21-24,26H,4-17,20,25,27H2,1-3H3/p+1. The molecule has 2 aromatic rings. The number of pyridine rings is 1. The second-order valence-electron chi connectivity index (χ2n) is 9.97. The fourth-order valence-electron chi connectivity index (χ4n) is 4.66. The van der Waals surface area contributed by atoms with E-state index < -0.39 is 0 Å². The molecule has 0 aliphatic rings. The second-order valence-corrected chi connectivity index (χ2v) is 9.97. The molecule has 1 aromatic carbocycles. The Balaban J connectivity index is 1.58. The maximum absolute atomic E-state index is 12.7. The van der Waals surface area contributed by atoms with Gasteiger partial charge in [0.1, 0.15) is 13.1 Å². The first kappa shape index (κ1) is 30.7. The van der Waals surface area contributed by atoms with Crippen molar-refractivity contribution < 1.29 is 18.8 Å². The summed E-state index contributed by atoms with van der Waals surface area (Å²) in [6.07, 6.45) is 20.8. The molecule has 0 atom stereocenters. The minimum atomic E-state index is -0.122. The number of methoxy groups -OCH3 is 1. The van der Waals surface area contributed by atoms with E-state index in [9.17, 15) is 4.79 Å². The highest BCUT2D eigenvalue weighted by Gasteiger charge is 2.14. The molecule has 0 fully saturated rings. The largest absolute Gasteiger partial charge is 0.493 e. The number of aromatic nitrogens is 1. The number of nitrogens with zero attached hydrogens (tertiary/aromatic N) is 1. The number of benzene rings is 1. The lowest BCUT2D eigenvalue weighted by atomic mass is 10.0. The van der Waals surface area contributed by atoms with E-state index in [1.54, 1.807) is 19.2 Å². The first-order valence-electron chi connectivity index (χ1n) is 14.8. The Bertz CT molecular complexity index is 884. The number of carbonyl (C=O) groups is 1. The number of amides is 1. The van der Waals surface area contributed by atoms with Crippen molar-refractivity contribution in [1.29, 1.82) is 0 Å². The van der Waals surface area contributed by atoms with Gasteiger partial charge in [-0.2, -0.15) is 0 Å². The highest BCUT2D eigenvalue weighted by molar-refractivity contribution is 5.94. The van der Waals surface area contributed by atoms with Crippen LogP contribution in [-0.4, -0.2) is 19.6 Å². The smallest absolute Gasteiger partial charge is 0.251 e. The third kappa shape index (κ3) is 12.5. The maximum atomic E-state index is 12.7. The molecular formula is C32H51N2O3+. The molecule has 2 rings (SSSR count). The number of nitrogens with one attached hydrogen (secondary N) is 1. The molecule has 1 amide bonds. The Hall–Kier alpha value is -2.56. The summed E-state index contributed by atoms with van der Waals surface area (Å²) in [4.78, 5) is 12.7. The van der Waals surface area contributed by atoms with Crippen molar-refractivity contribution in [1.82, 2.24) is 5.32 Å². The molecule has 37 heavy (non-hydrogen) atoms. The zero-order chi connectivity index (χ0) is 26.6. The van der Waals surface area contributed by atoms with Gasteiger partial charge in [0.05, 0.1) is 13.7 Å². The van der Waals surface area contributed by atoms with Crippen LogP contribution in [0.3, 0.4) is 0 Å². The van der Waals surface area contributed by atoms with Crippen LogP contribution in [0.5, 0.6) is 11.5 Å². The van der Waals surface area contributed by atoms with E-state index in [4.69, 9.17) is 9.47 Å². The van der Waals surface area contributed by atoms with Crippen LogP contribution in [0, 0.1) is 0 Å². The molecule has 1 heterocycles. The third-order valence-electron chi connectivity index (χ3n) is 6.99. The Morgan fingerprint density at radius 2 is 1.41 bits per heavy atom. The van der Waals surface area contributed by atoms with Crippen LogP contribution >= 0.6 is 0 Å². The van der Waals surface area contributed by atoms with E-state index in [1.807, 2.05) is 30.5 Å². The molecule has 0 radical (unpaired) electrons. The van der Waals surface area contributed by atoms with Crippen molar-refractivity contribution in [3.8, 4) is 11.5 Å². The monoisotopic (exact) mass is 511 g/mol. The predicted octanol–water partition coefficient (Wildman–Crippen LogP) is 7.79. The molecule has 0 aliphatic carbocycles. The highest BCUT2D eigenvalue weighted by atomic mass is 16.5. The molecule has 0 spiro atoms. The van der Waals surface area contributed by atoms with Crippen molar-refractivity contribution >= 4 is 5.91 Å². The molecule has 0 saturated carbocycles. The van der Waals surface area contributed by atoms with Gasteiger partial charge < -0.3 is 14.8 Å². The average Bonchev–Trinajstić information content (AvgIpc) is 2.93. The summed E-state index contributed by atoms with van der Waals surface area (Å²) in [6.45, 7) is 6.39. The van der Waals surface area contributed by atoms with Crippen LogP contribution in [0.4, 0.5) is 0 Å². The zero-order valence-corrected chi connectivity index (χ0v) is 23.7. The van der Waals surface area contributed by atoms with Crippen LogP contribution < -0.4 is 19.4 Å². The van der Waals surface area contributed by atoms with E-state index in [1.165, 1.54) is 83.5 Å². The summed E-state index contributed by atoms with van der Waals surface area (Å²) in [5.41, 5.74) is 1.64. The SMILES string of the molecule is CCCCCCCCCCCCCCCCOc1ccc(C(=O)NCc2cccc[n+]2CC)cc1OC. The van der Waals surface area contributed by atoms with Gasteiger partial charge in [-0.3, -0.25) is 4.79 Å². The minimum absolute atomic E-state index is 0.122. The molecule has 206 valence electrons. The van der Waals surface area contributed by atoms with Gasteiger partial charge in [-0.05, 0) is 31.5 Å². The number of ether oxygens (including phenoxy) is 2. The summed E-state index contributed by atoms with van der Waals surface area (Å²) in [5.74, 6) is 1.17. The van der Waals surface area contributed by atoms with Crippen LogP contribution in [0.25, 0.3) is 0 Å². The lowest BCUT2D eigenvalue weighted by Crippen LogP contribution is -2.39. The summed E-state index contributed by atoms with van der Waals surface area (Å²) in [6, 6.07) is 11.4. The number of hydrogen-bond donors (Lipinski definition) is 1. The van der Waals surface area contributed by atoms with Gasteiger partial charge in [0.15, 0.2) is 17.7 Å². The molecule has 5 heteroatoms. The van der Waals surface area contributed by atoms with E-state index in [2.05, 4.69) is 23.7 Å². The van der Waals surface area contributed by atoms with Crippen molar-refractivity contribution in [2.24, 2.45) is 0 Å². The van der Waals surface area contributed by atoms with Gasteiger partial charge in [-0.1, -0.05) is 96.5 Å². The minimum Gasteiger partial charge on any atom is -0.493 e. The quantitative estimate of drug-likeness (QED) is 0.137. The zero-order valence-electron chi connectivity index (χ0n) is 23.7. The van der Waals surface area contributed by atoms with Crippen molar-refractivity contribution in [2.45, 2.75) is 117 Å². The van der Waals surface area contributed by atoms with Crippen molar-refractivity contribution in [3.63, 3.8) is 0 Å². The van der Waals surface area contributed by atoms with Crippen molar-refractivity contribution in [3.05, 3.63) is 53.9 Å². The normalized spacial score (nSPS) is 10.9. The number of unbranched alkanes of at least 4 members (excludes halogenated alkanes) is 13. The Morgan fingerprint density at radius 3 is 2.00 bits per heavy atom. The summed E-state index contributed by atoms with van der Waals surface area (Å²) >= 11 is 0. The van der Waals surface area contributed by atoms with E-state index in [0.29, 0.717) is 30.2 Å². The van der Waals surface area contributed by atoms with Crippen LogP contribution in [0.1, 0.15) is 120 Å². The third-order valence-corrected chi connectivity index (χ3v) is 6.99. The number of carbonyl (C=O) groups excluding carboxylic acids is 1. The molecule has 0 aliphatic heterocycles. The van der Waals surface area contributed by atoms with Gasteiger partial charge in [0, 0.05) is 17.7 Å². The summed E-state index contributed by atoms with van der Waals surface area (Å²) in [5, 5.41) is 3.00. The van der Waals surface area contributed by atoms with Gasteiger partial charge in [-0.25, -0.2) is 4.57 Å². The Kier molecular flexibility index (Phi) is 16.2. The molecular weight excluding hydrogens is 460 g/mol. The lowest BCUT2D eigenvalue weighted by Gasteiger charge is -2.12. The summed E-state index contributed by atoms with van der Waals surface area (Å²) < 4.78 is 13.6. The van der Waals surface area contributed by atoms with Crippen LogP contribution in [-0.2, 0) is 13.1 Å². The maximum Gasteiger partial charge on any atom is 0.251 e. The highest BCUT2D eigenvalue weighted by Crippen LogP contribution is 2.28. The molecule has 0 bridgehead atoms. The molecule has 1 aromatic heterocycles. The Labute approximate surface area is 226 Å². The number of hydrogen-bond acceptors (Lipinski definition) is 3. The van der Waals surface area contributed by atoms with Gasteiger partial charge >= 0.3 is 0 Å². The molecule has 0 unspecified atom stereocenters. The fraction of sp³-hybridized carbons (Fsp3) is 0.625. The topological polar surface area (TPSA) is 51.4 Å². The lowest BCUT2D eigenvalue weighted by molar-refractivity contribution is -0.701. The molecule has 0 saturated heterocycles. The van der Waals surface area contributed by atoms with Crippen LogP contribution in [0.2, 0.25) is 0 Å². The fourth-order valence-corrected chi connectivity index (χ4v) is 4.66. The van der Waals surface area contributed by atoms with Crippen LogP contribution in [0.15, 0.2) is 42.6 Å². The number of rotatable bonds is 21. The van der Waals surface area contributed by atoms with Crippen molar-refractivity contribution in [2.75, 3.05) is 13.7 Å². The summed E-state index contributed by atoms with van der Waals surface area (Å²) in [7, 11) is 1.62. The van der Waals surface area contributed by atoms with Gasteiger partial charge in [-0.15, -0.1) is 0 Å².